The average Bonchev–Trinajstić information content (AvgIpc) is 2.10. The molecule has 0 saturated heterocycles. The minimum Gasteiger partial charge on any atom is -0.305 e. The van der Waals surface area contributed by atoms with Crippen molar-refractivity contribution in [3.63, 3.8) is 0 Å². The Bertz CT molecular complexity index is 291. The van der Waals surface area contributed by atoms with Gasteiger partial charge in [-0.25, -0.2) is 0 Å². The Balaban J connectivity index is 2.84. The first kappa shape index (κ1) is 10.8. The second-order valence-electron chi connectivity index (χ2n) is 2.72. The third kappa shape index (κ3) is 2.85. The number of benzene rings is 1. The Morgan fingerprint density at radius 3 is 2.54 bits per heavy atom. The van der Waals surface area contributed by atoms with Crippen LogP contribution in [0.25, 0.3) is 0 Å². The lowest BCUT2D eigenvalue weighted by Crippen LogP contribution is -2.16. The molecule has 0 aromatic heterocycles. The van der Waals surface area contributed by atoms with Gasteiger partial charge < -0.3 is 4.84 Å². The van der Waals surface area contributed by atoms with Gasteiger partial charge in [0, 0.05) is 0 Å². The molecule has 4 heteroatoms. The summed E-state index contributed by atoms with van der Waals surface area (Å²) in [6.45, 7) is 1.98. The van der Waals surface area contributed by atoms with Gasteiger partial charge in [0.2, 0.25) is 0 Å². The van der Waals surface area contributed by atoms with Gasteiger partial charge in [-0.1, -0.05) is 29.3 Å². The van der Waals surface area contributed by atoms with Crippen LogP contribution in [0.4, 0.5) is 0 Å². The maximum atomic E-state index is 5.86. The van der Waals surface area contributed by atoms with Crippen molar-refractivity contribution < 1.29 is 4.84 Å². The van der Waals surface area contributed by atoms with E-state index in [0.717, 1.165) is 5.56 Å². The lowest BCUT2D eigenvalue weighted by atomic mass is 10.1. The van der Waals surface area contributed by atoms with E-state index in [4.69, 9.17) is 28.0 Å². The minimum absolute atomic E-state index is 0.0970. The third-order valence-corrected chi connectivity index (χ3v) is 2.48. The predicted molar refractivity (Wildman–Crippen MR) is 55.0 cm³/mol. The Hall–Kier alpha value is -0.280. The zero-order chi connectivity index (χ0) is 9.84. The molecule has 1 rings (SSSR count). The van der Waals surface area contributed by atoms with E-state index >= 15 is 0 Å². The number of halogens is 2. The molecular weight excluding hydrogens is 209 g/mol. The zero-order valence-electron chi connectivity index (χ0n) is 7.47. The quantitative estimate of drug-likeness (QED) is 0.789. The van der Waals surface area contributed by atoms with Crippen LogP contribution in [0.1, 0.15) is 18.5 Å². The van der Waals surface area contributed by atoms with E-state index in [1.165, 1.54) is 0 Å². The summed E-state index contributed by atoms with van der Waals surface area (Å²) in [4.78, 5) is 4.80. The molecule has 0 spiro atoms. The Morgan fingerprint density at radius 2 is 2.00 bits per heavy atom. The molecule has 0 aliphatic rings. The van der Waals surface area contributed by atoms with Crippen LogP contribution in [0.5, 0.6) is 0 Å². The SMILES string of the molecule is CONC(C)c1ccc(Cl)c(Cl)c1. The van der Waals surface area contributed by atoms with Crippen LogP contribution in [-0.2, 0) is 4.84 Å². The largest absolute Gasteiger partial charge is 0.305 e. The van der Waals surface area contributed by atoms with E-state index in [1.54, 1.807) is 13.2 Å². The van der Waals surface area contributed by atoms with E-state index in [2.05, 4.69) is 5.48 Å². The van der Waals surface area contributed by atoms with Crippen LogP contribution in [0.3, 0.4) is 0 Å². The monoisotopic (exact) mass is 219 g/mol. The molecule has 0 aliphatic carbocycles. The number of nitrogens with one attached hydrogen (secondary N) is 1. The molecule has 2 nitrogen and oxygen atoms in total. The summed E-state index contributed by atoms with van der Waals surface area (Å²) < 4.78 is 0. The van der Waals surface area contributed by atoms with Crippen molar-refractivity contribution in [3.8, 4) is 0 Å². The van der Waals surface area contributed by atoms with Crippen molar-refractivity contribution in [2.24, 2.45) is 0 Å². The molecule has 1 aromatic carbocycles. The summed E-state index contributed by atoms with van der Waals surface area (Å²) >= 11 is 11.6. The van der Waals surface area contributed by atoms with Gasteiger partial charge in [-0.15, -0.1) is 0 Å². The van der Waals surface area contributed by atoms with E-state index in [-0.39, 0.29) is 6.04 Å². The van der Waals surface area contributed by atoms with Gasteiger partial charge in [0.15, 0.2) is 0 Å². The molecule has 72 valence electrons. The van der Waals surface area contributed by atoms with Crippen LogP contribution < -0.4 is 5.48 Å². The first-order valence-electron chi connectivity index (χ1n) is 3.88. The molecule has 0 bridgehead atoms. The number of rotatable bonds is 3. The van der Waals surface area contributed by atoms with Crippen molar-refractivity contribution in [1.29, 1.82) is 0 Å². The highest BCUT2D eigenvalue weighted by Crippen LogP contribution is 2.25. The Labute approximate surface area is 87.8 Å². The van der Waals surface area contributed by atoms with Gasteiger partial charge in [0.25, 0.3) is 0 Å². The van der Waals surface area contributed by atoms with Gasteiger partial charge in [-0.2, -0.15) is 5.48 Å². The van der Waals surface area contributed by atoms with Crippen molar-refractivity contribution in [2.75, 3.05) is 7.11 Å². The summed E-state index contributed by atoms with van der Waals surface area (Å²) in [7, 11) is 1.58. The van der Waals surface area contributed by atoms with Crippen molar-refractivity contribution in [2.45, 2.75) is 13.0 Å². The van der Waals surface area contributed by atoms with E-state index in [0.29, 0.717) is 10.0 Å². The molecule has 0 aliphatic heterocycles. The molecule has 1 atom stereocenters. The lowest BCUT2D eigenvalue weighted by molar-refractivity contribution is 0.0659. The average molecular weight is 220 g/mol. The highest BCUT2D eigenvalue weighted by Gasteiger charge is 2.06. The second kappa shape index (κ2) is 4.82. The van der Waals surface area contributed by atoms with E-state index in [1.807, 2.05) is 19.1 Å². The molecule has 1 N–H and O–H groups in total. The molecule has 0 saturated carbocycles. The fourth-order valence-corrected chi connectivity index (χ4v) is 1.33. The third-order valence-electron chi connectivity index (χ3n) is 1.74. The van der Waals surface area contributed by atoms with Crippen LogP contribution in [-0.4, -0.2) is 7.11 Å². The molecule has 0 fully saturated rings. The smallest absolute Gasteiger partial charge is 0.0595 e. The maximum Gasteiger partial charge on any atom is 0.0595 e. The Kier molecular flexibility index (Phi) is 4.00. The van der Waals surface area contributed by atoms with Gasteiger partial charge in [0.1, 0.15) is 0 Å². The zero-order valence-corrected chi connectivity index (χ0v) is 8.99. The van der Waals surface area contributed by atoms with E-state index in [9.17, 15) is 0 Å². The van der Waals surface area contributed by atoms with Crippen LogP contribution >= 0.6 is 23.2 Å². The second-order valence-corrected chi connectivity index (χ2v) is 3.53. The fourth-order valence-electron chi connectivity index (χ4n) is 1.03. The summed E-state index contributed by atoms with van der Waals surface area (Å²) in [5, 5.41) is 1.12. The molecule has 0 heterocycles. The van der Waals surface area contributed by atoms with E-state index < -0.39 is 0 Å². The molecule has 1 unspecified atom stereocenters. The first-order valence-corrected chi connectivity index (χ1v) is 4.64. The molecule has 13 heavy (non-hydrogen) atoms. The van der Waals surface area contributed by atoms with Gasteiger partial charge >= 0.3 is 0 Å². The number of hydrogen-bond donors (Lipinski definition) is 1. The normalized spacial score (nSPS) is 12.9. The highest BCUT2D eigenvalue weighted by atomic mass is 35.5. The summed E-state index contributed by atoms with van der Waals surface area (Å²) in [5.74, 6) is 0. The van der Waals surface area contributed by atoms with Crippen molar-refractivity contribution in [1.82, 2.24) is 5.48 Å². The molecule has 0 amide bonds. The van der Waals surface area contributed by atoms with Gasteiger partial charge in [-0.3, -0.25) is 0 Å². The molecular formula is C9H11Cl2NO. The summed E-state index contributed by atoms with van der Waals surface area (Å²) in [6.07, 6.45) is 0. The molecule has 1 aromatic rings. The topological polar surface area (TPSA) is 21.3 Å². The van der Waals surface area contributed by atoms with Gasteiger partial charge in [0.05, 0.1) is 23.2 Å². The number of hydroxylamine groups is 1. The van der Waals surface area contributed by atoms with Crippen molar-refractivity contribution in [3.05, 3.63) is 33.8 Å². The van der Waals surface area contributed by atoms with Crippen molar-refractivity contribution >= 4 is 23.2 Å². The summed E-state index contributed by atoms with van der Waals surface area (Å²) in [6, 6.07) is 5.60. The lowest BCUT2D eigenvalue weighted by Gasteiger charge is -2.12. The fraction of sp³-hybridized carbons (Fsp3) is 0.333. The predicted octanol–water partition coefficient (Wildman–Crippen LogP) is 3.21. The summed E-state index contributed by atoms with van der Waals surface area (Å²) in [5.41, 5.74) is 3.84. The number of hydrogen-bond acceptors (Lipinski definition) is 2. The molecule has 0 radical (unpaired) electrons. The first-order chi connectivity index (χ1) is 6.15. The van der Waals surface area contributed by atoms with Gasteiger partial charge in [-0.05, 0) is 24.6 Å². The Morgan fingerprint density at radius 1 is 1.31 bits per heavy atom. The van der Waals surface area contributed by atoms with Crippen LogP contribution in [0.2, 0.25) is 10.0 Å². The standard InChI is InChI=1S/C9H11Cl2NO/c1-6(12-13-2)7-3-4-8(10)9(11)5-7/h3-6,12H,1-2H3. The maximum absolute atomic E-state index is 5.86. The van der Waals surface area contributed by atoms with Crippen LogP contribution in [0, 0.1) is 0 Å². The van der Waals surface area contributed by atoms with Crippen LogP contribution in [0.15, 0.2) is 18.2 Å². The minimum atomic E-state index is 0.0970. The highest BCUT2D eigenvalue weighted by molar-refractivity contribution is 6.42.